The number of aromatic nitrogens is 1. The van der Waals surface area contributed by atoms with Gasteiger partial charge in [-0.3, -0.25) is 0 Å². The molecular weight excluding hydrogens is 461 g/mol. The largest absolute Gasteiger partial charge is 0.340 e. The van der Waals surface area contributed by atoms with Gasteiger partial charge in [-0.05, 0) is 59.8 Å². The van der Waals surface area contributed by atoms with Crippen LogP contribution in [0.1, 0.15) is 11.3 Å². The number of benzene rings is 2. The highest BCUT2D eigenvalue weighted by molar-refractivity contribution is 14.1. The third-order valence-electron chi connectivity index (χ3n) is 4.08. The number of fused-ring (bicyclic) bond motifs is 1. The number of nitrogens with zero attached hydrogens (tertiary/aromatic N) is 2. The molecule has 3 rings (SSSR count). The first kappa shape index (κ1) is 18.7. The monoisotopic (exact) mass is 479 g/mol. The molecule has 0 fully saturated rings. The fourth-order valence-corrected chi connectivity index (χ4v) is 3.96. The van der Waals surface area contributed by atoms with Crippen molar-refractivity contribution in [3.63, 3.8) is 0 Å². The molecular formula is C19H18IN3O2S. The number of hydrogen-bond donors (Lipinski definition) is 1. The van der Waals surface area contributed by atoms with Gasteiger partial charge in [0.05, 0.1) is 11.1 Å². The summed E-state index contributed by atoms with van der Waals surface area (Å²) in [7, 11) is -3.69. The van der Waals surface area contributed by atoms with Gasteiger partial charge in [-0.2, -0.15) is 13.5 Å². The Bertz CT molecular complexity index is 1080. The summed E-state index contributed by atoms with van der Waals surface area (Å²) in [6.07, 6.45) is 3.39. The van der Waals surface area contributed by atoms with Crippen LogP contribution < -0.4 is 4.83 Å². The van der Waals surface area contributed by atoms with Gasteiger partial charge in [0.2, 0.25) is 0 Å². The zero-order valence-corrected chi connectivity index (χ0v) is 17.2. The van der Waals surface area contributed by atoms with Crippen LogP contribution in [0.5, 0.6) is 0 Å². The zero-order valence-electron chi connectivity index (χ0n) is 14.2. The van der Waals surface area contributed by atoms with Crippen molar-refractivity contribution in [2.45, 2.75) is 18.4 Å². The normalized spacial score (nSPS) is 11.9. The van der Waals surface area contributed by atoms with E-state index in [1.807, 2.05) is 37.3 Å². The summed E-state index contributed by atoms with van der Waals surface area (Å²) in [4.78, 5) is 2.47. The van der Waals surface area contributed by atoms with E-state index in [4.69, 9.17) is 0 Å². The van der Waals surface area contributed by atoms with E-state index in [9.17, 15) is 8.42 Å². The lowest BCUT2D eigenvalue weighted by atomic mass is 10.1. The van der Waals surface area contributed by atoms with E-state index in [0.29, 0.717) is 6.54 Å². The average Bonchev–Trinajstić information content (AvgIpc) is 2.88. The summed E-state index contributed by atoms with van der Waals surface area (Å²) in [5.41, 5.74) is 2.95. The summed E-state index contributed by atoms with van der Waals surface area (Å²) >= 11 is 2.13. The van der Waals surface area contributed by atoms with Crippen molar-refractivity contribution in [3.05, 3.63) is 76.0 Å². The molecule has 0 saturated carbocycles. The number of allylic oxidation sites excluding steroid dienone is 1. The van der Waals surface area contributed by atoms with Gasteiger partial charge in [0, 0.05) is 32.3 Å². The second kappa shape index (κ2) is 7.63. The average molecular weight is 479 g/mol. The Labute approximate surface area is 166 Å². The minimum absolute atomic E-state index is 0.181. The molecule has 0 amide bonds. The standard InChI is InChI=1S/C19H18IN3O2S/c1-3-12-23-14(2)18(17-6-4-5-7-19(17)23)13-21-22-26(24,25)16-10-8-15(20)9-11-16/h3-11,13,22H,1,12H2,2H3/b21-13-. The number of hydrazone groups is 1. The predicted octanol–water partition coefficient (Wildman–Crippen LogP) is 4.05. The van der Waals surface area contributed by atoms with Gasteiger partial charge in [-0.1, -0.05) is 24.3 Å². The fraction of sp³-hybridized carbons (Fsp3) is 0.105. The van der Waals surface area contributed by atoms with Crippen LogP contribution >= 0.6 is 22.6 Å². The van der Waals surface area contributed by atoms with Crippen molar-refractivity contribution >= 4 is 49.7 Å². The molecule has 0 radical (unpaired) electrons. The first-order valence-electron chi connectivity index (χ1n) is 7.93. The SMILES string of the molecule is C=CCn1c(C)c(/C=N\NS(=O)(=O)c2ccc(I)cc2)c2ccccc21. The van der Waals surface area contributed by atoms with Gasteiger partial charge in [-0.15, -0.1) is 6.58 Å². The molecule has 1 heterocycles. The fourth-order valence-electron chi connectivity index (χ4n) is 2.81. The van der Waals surface area contributed by atoms with E-state index in [1.165, 1.54) is 0 Å². The molecule has 1 N–H and O–H groups in total. The lowest BCUT2D eigenvalue weighted by Gasteiger charge is -2.04. The van der Waals surface area contributed by atoms with E-state index in [-0.39, 0.29) is 4.90 Å². The summed E-state index contributed by atoms with van der Waals surface area (Å²) in [6.45, 7) is 6.46. The highest BCUT2D eigenvalue weighted by Gasteiger charge is 2.14. The molecule has 2 aromatic carbocycles. The van der Waals surface area contributed by atoms with Gasteiger partial charge < -0.3 is 4.57 Å². The van der Waals surface area contributed by atoms with Gasteiger partial charge in [-0.25, -0.2) is 4.83 Å². The molecule has 0 aliphatic heterocycles. The molecule has 0 spiro atoms. The molecule has 0 aliphatic carbocycles. The predicted molar refractivity (Wildman–Crippen MR) is 114 cm³/mol. The van der Waals surface area contributed by atoms with Crippen LogP contribution in [0, 0.1) is 10.5 Å². The van der Waals surface area contributed by atoms with Crippen molar-refractivity contribution in [2.75, 3.05) is 0 Å². The lowest BCUT2D eigenvalue weighted by molar-refractivity contribution is 0.584. The molecule has 7 heteroatoms. The Morgan fingerprint density at radius 1 is 1.19 bits per heavy atom. The number of nitrogens with one attached hydrogen (secondary N) is 1. The Kier molecular flexibility index (Phi) is 5.47. The van der Waals surface area contributed by atoms with E-state index in [1.54, 1.807) is 30.5 Å². The van der Waals surface area contributed by atoms with Crippen LogP contribution in [0.3, 0.4) is 0 Å². The highest BCUT2D eigenvalue weighted by Crippen LogP contribution is 2.24. The molecule has 0 aliphatic rings. The van der Waals surface area contributed by atoms with Crippen LogP contribution in [0.15, 0.2) is 71.2 Å². The Balaban J connectivity index is 1.92. The number of hydrogen-bond acceptors (Lipinski definition) is 3. The van der Waals surface area contributed by atoms with Crippen LogP contribution in [-0.2, 0) is 16.6 Å². The minimum atomic E-state index is -3.69. The zero-order chi connectivity index (χ0) is 18.7. The molecule has 26 heavy (non-hydrogen) atoms. The maximum Gasteiger partial charge on any atom is 0.276 e. The highest BCUT2D eigenvalue weighted by atomic mass is 127. The Morgan fingerprint density at radius 3 is 2.58 bits per heavy atom. The maximum absolute atomic E-state index is 12.3. The summed E-state index contributed by atoms with van der Waals surface area (Å²) in [6, 6.07) is 14.5. The first-order chi connectivity index (χ1) is 12.4. The van der Waals surface area contributed by atoms with E-state index < -0.39 is 10.0 Å². The third kappa shape index (κ3) is 3.68. The Hall–Kier alpha value is -2.13. The van der Waals surface area contributed by atoms with Gasteiger partial charge in [0.15, 0.2) is 0 Å². The smallest absolute Gasteiger partial charge is 0.276 e. The summed E-state index contributed by atoms with van der Waals surface area (Å²) < 4.78 is 27.8. The number of halogens is 1. The van der Waals surface area contributed by atoms with Crippen molar-refractivity contribution in [1.82, 2.24) is 9.40 Å². The summed E-state index contributed by atoms with van der Waals surface area (Å²) in [5.74, 6) is 0. The van der Waals surface area contributed by atoms with Crippen molar-refractivity contribution in [1.29, 1.82) is 0 Å². The molecule has 5 nitrogen and oxygen atoms in total. The van der Waals surface area contributed by atoms with Crippen molar-refractivity contribution in [3.8, 4) is 0 Å². The molecule has 0 saturated heterocycles. The number of rotatable bonds is 6. The second-order valence-electron chi connectivity index (χ2n) is 5.72. The van der Waals surface area contributed by atoms with Crippen LogP contribution in [0.2, 0.25) is 0 Å². The first-order valence-corrected chi connectivity index (χ1v) is 10.5. The summed E-state index contributed by atoms with van der Waals surface area (Å²) in [5, 5.41) is 5.01. The Morgan fingerprint density at radius 2 is 1.88 bits per heavy atom. The van der Waals surface area contributed by atoms with Crippen LogP contribution in [0.25, 0.3) is 10.9 Å². The molecule has 0 unspecified atom stereocenters. The van der Waals surface area contributed by atoms with Crippen LogP contribution in [0.4, 0.5) is 0 Å². The number of para-hydroxylation sites is 1. The topological polar surface area (TPSA) is 63.5 Å². The maximum atomic E-state index is 12.3. The van der Waals surface area contributed by atoms with Gasteiger partial charge in [0.1, 0.15) is 0 Å². The van der Waals surface area contributed by atoms with Gasteiger partial charge in [0.25, 0.3) is 10.0 Å². The molecule has 0 atom stereocenters. The van der Waals surface area contributed by atoms with E-state index in [2.05, 4.69) is 43.7 Å². The van der Waals surface area contributed by atoms with Crippen molar-refractivity contribution < 1.29 is 8.42 Å². The second-order valence-corrected chi connectivity index (χ2v) is 8.63. The lowest BCUT2D eigenvalue weighted by Crippen LogP contribution is -2.18. The quantitative estimate of drug-likeness (QED) is 0.251. The van der Waals surface area contributed by atoms with Crippen LogP contribution in [-0.4, -0.2) is 19.2 Å². The van der Waals surface area contributed by atoms with E-state index >= 15 is 0 Å². The number of sulfonamides is 1. The third-order valence-corrected chi connectivity index (χ3v) is 6.04. The molecule has 1 aromatic heterocycles. The van der Waals surface area contributed by atoms with E-state index in [0.717, 1.165) is 25.7 Å². The van der Waals surface area contributed by atoms with Gasteiger partial charge >= 0.3 is 0 Å². The molecule has 0 bridgehead atoms. The molecule has 134 valence electrons. The minimum Gasteiger partial charge on any atom is -0.340 e. The molecule has 3 aromatic rings. The van der Waals surface area contributed by atoms with Crippen molar-refractivity contribution in [2.24, 2.45) is 5.10 Å².